The van der Waals surface area contributed by atoms with Gasteiger partial charge in [0.05, 0.1) is 6.61 Å². The summed E-state index contributed by atoms with van der Waals surface area (Å²) in [6, 6.07) is 9.52. The number of aliphatic hydroxyl groups excluding tert-OH is 1. The van der Waals surface area contributed by atoms with Gasteiger partial charge in [-0.15, -0.1) is 0 Å². The van der Waals surface area contributed by atoms with Crippen molar-refractivity contribution in [3.8, 4) is 0 Å². The van der Waals surface area contributed by atoms with E-state index in [2.05, 4.69) is 4.31 Å². The van der Waals surface area contributed by atoms with E-state index in [0.29, 0.717) is 0 Å². The predicted molar refractivity (Wildman–Crippen MR) is 51.5 cm³/mol. The SMILES string of the molecule is O=[PH]([O-])O[PH](=O)[O-].OCc1ccccc1.[K+].[K+]. The molecule has 0 bridgehead atoms. The quantitative estimate of drug-likeness (QED) is 0.436. The van der Waals surface area contributed by atoms with Gasteiger partial charge in [-0.25, -0.2) is 0 Å². The van der Waals surface area contributed by atoms with Crippen molar-refractivity contribution in [1.29, 1.82) is 0 Å². The second-order valence-electron chi connectivity index (χ2n) is 2.25. The predicted octanol–water partition coefficient (Wildman–Crippen LogP) is -6.31. The van der Waals surface area contributed by atoms with E-state index in [1.165, 1.54) is 0 Å². The maximum absolute atomic E-state index is 9.29. The first kappa shape index (κ1) is 24.8. The third-order valence-corrected chi connectivity index (χ3v) is 2.53. The zero-order valence-electron chi connectivity index (χ0n) is 9.58. The Balaban J connectivity index is -0.000000208. The molecule has 86 valence electrons. The van der Waals surface area contributed by atoms with Gasteiger partial charge >= 0.3 is 103 Å². The summed E-state index contributed by atoms with van der Waals surface area (Å²) >= 11 is 0. The van der Waals surface area contributed by atoms with Crippen molar-refractivity contribution in [3.63, 3.8) is 0 Å². The first-order chi connectivity index (χ1) is 7.06. The van der Waals surface area contributed by atoms with Crippen LogP contribution in [-0.4, -0.2) is 5.11 Å². The van der Waals surface area contributed by atoms with Crippen LogP contribution >= 0.6 is 16.5 Å². The smallest absolute Gasteiger partial charge is 0.781 e. The Morgan fingerprint density at radius 1 is 1.06 bits per heavy atom. The van der Waals surface area contributed by atoms with Crippen LogP contribution in [0.1, 0.15) is 5.56 Å². The average Bonchev–Trinajstić information content (AvgIpc) is 2.18. The van der Waals surface area contributed by atoms with E-state index in [9.17, 15) is 18.9 Å². The summed E-state index contributed by atoms with van der Waals surface area (Å²) in [6.07, 6.45) is 0. The van der Waals surface area contributed by atoms with Gasteiger partial charge in [0.25, 0.3) is 0 Å². The van der Waals surface area contributed by atoms with Crippen molar-refractivity contribution < 1.29 is 131 Å². The summed E-state index contributed by atoms with van der Waals surface area (Å²) in [7, 11) is -7.03. The molecule has 1 rings (SSSR count). The standard InChI is InChI=1S/C7H8O.2K.H4O5P2/c8-6-7-4-2-1-3-5-7;;;1-6(2)5-7(3)4/h1-5,8H,6H2;;;6-7H,(H,1,2)(H,3,4)/q;2*+1;/p-2. The van der Waals surface area contributed by atoms with Crippen molar-refractivity contribution in [2.45, 2.75) is 6.61 Å². The molecule has 6 nitrogen and oxygen atoms in total. The third-order valence-electron chi connectivity index (χ3n) is 1.19. The van der Waals surface area contributed by atoms with Crippen LogP contribution in [0, 0.1) is 0 Å². The molecule has 2 unspecified atom stereocenters. The molecule has 1 aromatic carbocycles. The van der Waals surface area contributed by atoms with Gasteiger partial charge < -0.3 is 24.0 Å². The van der Waals surface area contributed by atoms with Crippen molar-refractivity contribution in [2.24, 2.45) is 0 Å². The molecule has 17 heavy (non-hydrogen) atoms. The minimum Gasteiger partial charge on any atom is -0.781 e. The Morgan fingerprint density at radius 3 is 1.65 bits per heavy atom. The van der Waals surface area contributed by atoms with Gasteiger partial charge in [-0.05, 0) is 5.56 Å². The van der Waals surface area contributed by atoms with Crippen LogP contribution in [-0.2, 0) is 20.0 Å². The zero-order chi connectivity index (χ0) is 11.7. The van der Waals surface area contributed by atoms with Gasteiger partial charge in [0.1, 0.15) is 16.5 Å². The summed E-state index contributed by atoms with van der Waals surface area (Å²) < 4.78 is 21.8. The first-order valence-corrected chi connectivity index (χ1v) is 6.25. The average molecular weight is 330 g/mol. The maximum Gasteiger partial charge on any atom is 1.00 e. The van der Waals surface area contributed by atoms with Crippen molar-refractivity contribution in [1.82, 2.24) is 0 Å². The Morgan fingerprint density at radius 2 is 1.47 bits per heavy atom. The summed E-state index contributed by atoms with van der Waals surface area (Å²) in [5.74, 6) is 0. The van der Waals surface area contributed by atoms with Gasteiger partial charge in [-0.3, -0.25) is 4.31 Å². The van der Waals surface area contributed by atoms with Crippen molar-refractivity contribution in [3.05, 3.63) is 35.9 Å². The second kappa shape index (κ2) is 16.8. The summed E-state index contributed by atoms with van der Waals surface area (Å²) in [6.45, 7) is 0.140. The van der Waals surface area contributed by atoms with Crippen molar-refractivity contribution >= 4 is 16.5 Å². The van der Waals surface area contributed by atoms with E-state index in [4.69, 9.17) is 5.11 Å². The van der Waals surface area contributed by atoms with E-state index in [0.717, 1.165) is 5.56 Å². The molecule has 0 aliphatic heterocycles. The summed E-state index contributed by atoms with van der Waals surface area (Å²) in [5.41, 5.74) is 0.965. The fraction of sp³-hybridized carbons (Fsp3) is 0.143. The molecule has 1 aromatic rings. The Bertz CT molecular complexity index is 311. The minimum atomic E-state index is -3.51. The molecule has 0 aromatic heterocycles. The Kier molecular flexibility index (Phi) is 24.6. The minimum absolute atomic E-state index is 0. The van der Waals surface area contributed by atoms with E-state index < -0.39 is 16.5 Å². The van der Waals surface area contributed by atoms with E-state index in [1.54, 1.807) is 0 Å². The second-order valence-corrected chi connectivity index (χ2v) is 4.06. The topological polar surface area (TPSA) is 110 Å². The Labute approximate surface area is 186 Å². The monoisotopic (exact) mass is 330 g/mol. The number of hydrogen-bond acceptors (Lipinski definition) is 6. The van der Waals surface area contributed by atoms with Crippen LogP contribution < -0.4 is 113 Å². The van der Waals surface area contributed by atoms with E-state index >= 15 is 0 Å². The molecule has 0 amide bonds. The summed E-state index contributed by atoms with van der Waals surface area (Å²) in [4.78, 5) is 18.6. The van der Waals surface area contributed by atoms with Crippen LogP contribution in [0.25, 0.3) is 0 Å². The fourth-order valence-electron chi connectivity index (χ4n) is 0.651. The molecule has 0 aliphatic carbocycles. The third kappa shape index (κ3) is 18.8. The number of benzene rings is 1. The van der Waals surface area contributed by atoms with Crippen LogP contribution in [0.2, 0.25) is 0 Å². The van der Waals surface area contributed by atoms with Crippen molar-refractivity contribution in [2.75, 3.05) is 0 Å². The molecule has 0 aliphatic rings. The Hall–Kier alpha value is 2.79. The maximum atomic E-state index is 9.29. The number of aliphatic hydroxyl groups is 1. The first-order valence-electron chi connectivity index (χ1n) is 3.81. The van der Waals surface area contributed by atoms with Crippen LogP contribution in [0.5, 0.6) is 0 Å². The van der Waals surface area contributed by atoms with Gasteiger partial charge in [-0.2, -0.15) is 0 Å². The number of hydrogen-bond donors (Lipinski definition) is 1. The van der Waals surface area contributed by atoms with Gasteiger partial charge in [-0.1, -0.05) is 30.3 Å². The van der Waals surface area contributed by atoms with Crippen LogP contribution in [0.4, 0.5) is 0 Å². The molecule has 1 N–H and O–H groups in total. The molecule has 0 fully saturated rings. The van der Waals surface area contributed by atoms with E-state index in [1.807, 2.05) is 30.3 Å². The van der Waals surface area contributed by atoms with Gasteiger partial charge in [0.2, 0.25) is 0 Å². The van der Waals surface area contributed by atoms with Gasteiger partial charge in [0, 0.05) is 0 Å². The molecule has 0 saturated carbocycles. The molecular formula is C7H10K2O6P2. The summed E-state index contributed by atoms with van der Waals surface area (Å²) in [5, 5.41) is 8.54. The molecule has 0 spiro atoms. The van der Waals surface area contributed by atoms with Crippen LogP contribution in [0.3, 0.4) is 0 Å². The van der Waals surface area contributed by atoms with Gasteiger partial charge in [0.15, 0.2) is 0 Å². The zero-order valence-corrected chi connectivity index (χ0v) is 17.8. The number of rotatable bonds is 3. The molecule has 0 radical (unpaired) electrons. The fourth-order valence-corrected chi connectivity index (χ4v) is 1.20. The molecule has 10 heteroatoms. The molecular weight excluding hydrogens is 320 g/mol. The van der Waals surface area contributed by atoms with E-state index in [-0.39, 0.29) is 109 Å². The molecule has 2 atom stereocenters. The molecule has 0 heterocycles. The molecule has 0 saturated heterocycles. The largest absolute Gasteiger partial charge is 1.00 e. The van der Waals surface area contributed by atoms with Crippen LogP contribution in [0.15, 0.2) is 30.3 Å². The normalized spacial score (nSPS) is 11.9.